The van der Waals surface area contributed by atoms with Gasteiger partial charge in [0.15, 0.2) is 6.10 Å². The Morgan fingerprint density at radius 3 is 2.26 bits per heavy atom. The van der Waals surface area contributed by atoms with Crippen LogP contribution < -0.4 is 15.6 Å². The number of halogens is 2. The second-order valence-electron chi connectivity index (χ2n) is 4.66. The summed E-state index contributed by atoms with van der Waals surface area (Å²) in [5.74, 6) is -1.06. The number of hydrazine groups is 1. The van der Waals surface area contributed by atoms with Crippen LogP contribution >= 0.6 is 11.6 Å². The summed E-state index contributed by atoms with van der Waals surface area (Å²) in [6.07, 6.45) is -0.829. The van der Waals surface area contributed by atoms with E-state index in [1.54, 1.807) is 24.3 Å². The van der Waals surface area contributed by atoms with Crippen molar-refractivity contribution in [2.24, 2.45) is 0 Å². The van der Waals surface area contributed by atoms with Gasteiger partial charge in [-0.2, -0.15) is 0 Å². The fourth-order valence-corrected chi connectivity index (χ4v) is 1.79. The summed E-state index contributed by atoms with van der Waals surface area (Å²) in [4.78, 5) is 23.6. The van der Waals surface area contributed by atoms with Crippen molar-refractivity contribution >= 4 is 23.4 Å². The molecule has 0 bridgehead atoms. The van der Waals surface area contributed by atoms with Crippen molar-refractivity contribution in [2.45, 2.75) is 13.0 Å². The first-order valence-corrected chi connectivity index (χ1v) is 7.11. The highest BCUT2D eigenvalue weighted by Gasteiger charge is 2.15. The average Bonchev–Trinajstić information content (AvgIpc) is 2.55. The molecule has 2 aromatic carbocycles. The molecule has 23 heavy (non-hydrogen) atoms. The van der Waals surface area contributed by atoms with Crippen molar-refractivity contribution in [2.75, 3.05) is 0 Å². The zero-order valence-electron chi connectivity index (χ0n) is 12.2. The molecule has 0 aliphatic heterocycles. The zero-order valence-corrected chi connectivity index (χ0v) is 12.9. The Balaban J connectivity index is 1.84. The van der Waals surface area contributed by atoms with Crippen molar-refractivity contribution in [3.05, 3.63) is 64.9 Å². The topological polar surface area (TPSA) is 67.4 Å². The summed E-state index contributed by atoms with van der Waals surface area (Å²) in [5.41, 5.74) is 4.70. The van der Waals surface area contributed by atoms with E-state index < -0.39 is 23.7 Å². The summed E-state index contributed by atoms with van der Waals surface area (Å²) in [5, 5.41) is 0.556. The lowest BCUT2D eigenvalue weighted by atomic mass is 10.2. The Morgan fingerprint density at radius 1 is 1.04 bits per heavy atom. The minimum atomic E-state index is -0.829. The van der Waals surface area contributed by atoms with E-state index in [0.29, 0.717) is 10.8 Å². The van der Waals surface area contributed by atoms with Crippen LogP contribution in [0.2, 0.25) is 5.02 Å². The minimum absolute atomic E-state index is 0.220. The Bertz CT molecular complexity index is 689. The molecular weight excluding hydrogens is 323 g/mol. The molecule has 2 N–H and O–H groups in total. The van der Waals surface area contributed by atoms with E-state index in [1.807, 2.05) is 0 Å². The van der Waals surface area contributed by atoms with Crippen LogP contribution in [-0.4, -0.2) is 17.9 Å². The summed E-state index contributed by atoms with van der Waals surface area (Å²) in [7, 11) is 0. The standard InChI is InChI=1S/C16H14ClFN2O3/c1-10(23-14-8-4-12(17)5-9-14)15(21)19-20-16(22)11-2-6-13(18)7-3-11/h2-10H,1H3,(H,19,21)(H,20,22)/t10-/m0/s1. The smallest absolute Gasteiger partial charge is 0.279 e. The number of benzene rings is 2. The molecule has 0 aliphatic carbocycles. The lowest BCUT2D eigenvalue weighted by Crippen LogP contribution is -2.47. The van der Waals surface area contributed by atoms with E-state index in [2.05, 4.69) is 10.9 Å². The molecule has 1 atom stereocenters. The molecule has 120 valence electrons. The number of nitrogens with one attached hydrogen (secondary N) is 2. The molecule has 7 heteroatoms. The molecule has 0 saturated heterocycles. The van der Waals surface area contributed by atoms with Crippen LogP contribution in [0.25, 0.3) is 0 Å². The van der Waals surface area contributed by atoms with Crippen LogP contribution in [0.3, 0.4) is 0 Å². The van der Waals surface area contributed by atoms with Gasteiger partial charge in [-0.1, -0.05) is 11.6 Å². The number of carbonyl (C=O) groups is 2. The van der Waals surface area contributed by atoms with Gasteiger partial charge in [-0.05, 0) is 55.5 Å². The van der Waals surface area contributed by atoms with Gasteiger partial charge in [0.1, 0.15) is 11.6 Å². The molecule has 2 rings (SSSR count). The number of amides is 2. The highest BCUT2D eigenvalue weighted by molar-refractivity contribution is 6.30. The molecular formula is C16H14ClFN2O3. The summed E-state index contributed by atoms with van der Waals surface area (Å²) in [6, 6.07) is 11.5. The molecule has 0 unspecified atom stereocenters. The second-order valence-corrected chi connectivity index (χ2v) is 5.10. The predicted molar refractivity (Wildman–Crippen MR) is 83.6 cm³/mol. The monoisotopic (exact) mass is 336 g/mol. The van der Waals surface area contributed by atoms with Crippen LogP contribution in [-0.2, 0) is 4.79 Å². The molecule has 2 aromatic rings. The maximum Gasteiger partial charge on any atom is 0.279 e. The molecule has 0 aliphatic rings. The fourth-order valence-electron chi connectivity index (χ4n) is 1.66. The van der Waals surface area contributed by atoms with Gasteiger partial charge in [0.2, 0.25) is 0 Å². The van der Waals surface area contributed by atoms with Gasteiger partial charge in [0.25, 0.3) is 11.8 Å². The van der Waals surface area contributed by atoms with Gasteiger partial charge in [0, 0.05) is 10.6 Å². The van der Waals surface area contributed by atoms with Gasteiger partial charge in [-0.15, -0.1) is 0 Å². The maximum absolute atomic E-state index is 12.8. The van der Waals surface area contributed by atoms with Crippen molar-refractivity contribution in [1.82, 2.24) is 10.9 Å². The molecule has 0 aromatic heterocycles. The summed E-state index contributed by atoms with van der Waals surface area (Å²) < 4.78 is 18.2. The number of carbonyl (C=O) groups excluding carboxylic acids is 2. The first-order chi connectivity index (χ1) is 11.0. The Kier molecular flexibility index (Phi) is 5.54. The van der Waals surface area contributed by atoms with Crippen molar-refractivity contribution in [3.63, 3.8) is 0 Å². The summed E-state index contributed by atoms with van der Waals surface area (Å²) in [6.45, 7) is 1.54. The van der Waals surface area contributed by atoms with Crippen LogP contribution in [0.15, 0.2) is 48.5 Å². The van der Waals surface area contributed by atoms with Gasteiger partial charge in [-0.3, -0.25) is 20.4 Å². The van der Waals surface area contributed by atoms with Gasteiger partial charge < -0.3 is 4.74 Å². The van der Waals surface area contributed by atoms with E-state index in [1.165, 1.54) is 19.1 Å². The molecule has 5 nitrogen and oxygen atoms in total. The van der Waals surface area contributed by atoms with E-state index >= 15 is 0 Å². The lowest BCUT2D eigenvalue weighted by Gasteiger charge is -2.15. The summed E-state index contributed by atoms with van der Waals surface area (Å²) >= 11 is 5.76. The minimum Gasteiger partial charge on any atom is -0.481 e. The first kappa shape index (κ1) is 16.8. The average molecular weight is 337 g/mol. The first-order valence-electron chi connectivity index (χ1n) is 6.73. The van der Waals surface area contributed by atoms with Gasteiger partial charge >= 0.3 is 0 Å². The predicted octanol–water partition coefficient (Wildman–Crippen LogP) is 2.71. The normalized spacial score (nSPS) is 11.4. The molecule has 0 radical (unpaired) electrons. The van der Waals surface area contributed by atoms with Crippen molar-refractivity contribution in [1.29, 1.82) is 0 Å². The fraction of sp³-hybridized carbons (Fsp3) is 0.125. The quantitative estimate of drug-likeness (QED) is 0.844. The third kappa shape index (κ3) is 4.96. The highest BCUT2D eigenvalue weighted by Crippen LogP contribution is 2.16. The number of hydrogen-bond acceptors (Lipinski definition) is 3. The van der Waals surface area contributed by atoms with E-state index in [9.17, 15) is 14.0 Å². The van der Waals surface area contributed by atoms with E-state index in [4.69, 9.17) is 16.3 Å². The Hall–Kier alpha value is -2.60. The molecule has 0 spiro atoms. The Labute approximate surface area is 137 Å². The van der Waals surface area contributed by atoms with E-state index in [-0.39, 0.29) is 5.56 Å². The van der Waals surface area contributed by atoms with Crippen LogP contribution in [0.1, 0.15) is 17.3 Å². The van der Waals surface area contributed by atoms with Crippen molar-refractivity contribution in [3.8, 4) is 5.75 Å². The zero-order chi connectivity index (χ0) is 16.8. The van der Waals surface area contributed by atoms with Gasteiger partial charge in [-0.25, -0.2) is 4.39 Å². The molecule has 2 amide bonds. The maximum atomic E-state index is 12.8. The Morgan fingerprint density at radius 2 is 1.65 bits per heavy atom. The van der Waals surface area contributed by atoms with Crippen LogP contribution in [0, 0.1) is 5.82 Å². The lowest BCUT2D eigenvalue weighted by molar-refractivity contribution is -0.128. The second kappa shape index (κ2) is 7.60. The van der Waals surface area contributed by atoms with Gasteiger partial charge in [0.05, 0.1) is 0 Å². The molecule has 0 fully saturated rings. The van der Waals surface area contributed by atoms with Crippen molar-refractivity contribution < 1.29 is 18.7 Å². The SMILES string of the molecule is C[C@H](Oc1ccc(Cl)cc1)C(=O)NNC(=O)c1ccc(F)cc1. The molecule has 0 saturated carbocycles. The third-order valence-electron chi connectivity index (χ3n) is 2.90. The van der Waals surface area contributed by atoms with Crippen LogP contribution in [0.4, 0.5) is 4.39 Å². The number of rotatable bonds is 4. The highest BCUT2D eigenvalue weighted by atomic mass is 35.5. The van der Waals surface area contributed by atoms with Crippen LogP contribution in [0.5, 0.6) is 5.75 Å². The largest absolute Gasteiger partial charge is 0.481 e. The number of ether oxygens (including phenoxy) is 1. The number of hydrogen-bond donors (Lipinski definition) is 2. The third-order valence-corrected chi connectivity index (χ3v) is 3.15. The van der Waals surface area contributed by atoms with E-state index in [0.717, 1.165) is 12.1 Å². The molecule has 0 heterocycles.